The number of carboxylic acids is 1. The quantitative estimate of drug-likeness (QED) is 0.821. The number of aliphatic carboxylic acids is 1. The molecule has 2 amide bonds. The topological polar surface area (TPSA) is 69.6 Å². The Morgan fingerprint density at radius 2 is 2.10 bits per heavy atom. The lowest BCUT2D eigenvalue weighted by Gasteiger charge is -2.19. The Labute approximate surface area is 121 Å². The first-order valence-corrected chi connectivity index (χ1v) is 6.00. The molecule has 2 N–H and O–H groups in total. The molecule has 20 heavy (non-hydrogen) atoms. The maximum atomic E-state index is 13.5. The van der Waals surface area contributed by atoms with Crippen molar-refractivity contribution in [2.24, 2.45) is 0 Å². The van der Waals surface area contributed by atoms with Crippen LogP contribution in [0.25, 0.3) is 0 Å². The zero-order valence-electron chi connectivity index (χ0n) is 9.99. The van der Waals surface area contributed by atoms with Gasteiger partial charge in [-0.15, -0.1) is 6.42 Å². The molecule has 0 aliphatic rings. The zero-order chi connectivity index (χ0) is 15.3. The van der Waals surface area contributed by atoms with E-state index in [2.05, 4.69) is 27.2 Å². The van der Waals surface area contributed by atoms with Crippen molar-refractivity contribution in [3.05, 3.63) is 28.2 Å². The van der Waals surface area contributed by atoms with Crippen LogP contribution in [0.4, 0.5) is 19.3 Å². The van der Waals surface area contributed by atoms with Crippen LogP contribution in [0.1, 0.15) is 0 Å². The number of hydrogen-bond acceptors (Lipinski definition) is 2. The fourth-order valence-electron chi connectivity index (χ4n) is 1.32. The number of benzene rings is 1. The second kappa shape index (κ2) is 6.86. The summed E-state index contributed by atoms with van der Waals surface area (Å²) in [6.07, 6.45) is 5.02. The first-order valence-electron chi connectivity index (χ1n) is 5.21. The van der Waals surface area contributed by atoms with Gasteiger partial charge in [-0.05, 0) is 22.0 Å². The molecule has 0 aromatic heterocycles. The Balaban J connectivity index is 2.94. The van der Waals surface area contributed by atoms with Crippen LogP contribution in [0.5, 0.6) is 0 Å². The number of nitrogens with zero attached hydrogens (tertiary/aromatic N) is 1. The number of nitrogens with one attached hydrogen (secondary N) is 1. The van der Waals surface area contributed by atoms with Gasteiger partial charge in [0.2, 0.25) is 0 Å². The van der Waals surface area contributed by atoms with Gasteiger partial charge in [0.25, 0.3) is 0 Å². The maximum absolute atomic E-state index is 13.5. The summed E-state index contributed by atoms with van der Waals surface area (Å²) in [5, 5.41) is 10.8. The van der Waals surface area contributed by atoms with Gasteiger partial charge in [0.15, 0.2) is 5.82 Å². The molecule has 0 aliphatic carbocycles. The molecular weight excluding hydrogens is 338 g/mol. The number of carboxylic acid groups (broad SMARTS) is 1. The number of halogens is 3. The molecule has 0 saturated carbocycles. The average Bonchev–Trinajstić information content (AvgIpc) is 2.32. The number of hydrogen-bond donors (Lipinski definition) is 2. The minimum Gasteiger partial charge on any atom is -0.480 e. The highest BCUT2D eigenvalue weighted by Crippen LogP contribution is 2.27. The second-order valence-corrected chi connectivity index (χ2v) is 4.48. The van der Waals surface area contributed by atoms with Gasteiger partial charge in [-0.1, -0.05) is 5.92 Å². The van der Waals surface area contributed by atoms with Crippen molar-refractivity contribution < 1.29 is 23.5 Å². The van der Waals surface area contributed by atoms with Crippen LogP contribution < -0.4 is 5.32 Å². The summed E-state index contributed by atoms with van der Waals surface area (Å²) in [5.41, 5.74) is -0.302. The Hall–Kier alpha value is -2.14. The summed E-state index contributed by atoms with van der Waals surface area (Å²) in [5.74, 6) is -0.975. The van der Waals surface area contributed by atoms with Crippen LogP contribution in [0, 0.1) is 24.0 Å². The smallest absolute Gasteiger partial charge is 0.323 e. The number of amides is 2. The van der Waals surface area contributed by atoms with E-state index in [0.29, 0.717) is 6.07 Å². The first kappa shape index (κ1) is 15.9. The zero-order valence-corrected chi connectivity index (χ0v) is 11.6. The molecule has 0 radical (unpaired) electrons. The third-order valence-electron chi connectivity index (χ3n) is 2.13. The van der Waals surface area contributed by atoms with Crippen molar-refractivity contribution >= 4 is 33.6 Å². The molecule has 0 spiro atoms. The van der Waals surface area contributed by atoms with E-state index in [1.807, 2.05) is 0 Å². The maximum Gasteiger partial charge on any atom is 0.323 e. The molecule has 8 heteroatoms. The van der Waals surface area contributed by atoms with E-state index < -0.39 is 30.2 Å². The molecule has 0 bridgehead atoms. The van der Waals surface area contributed by atoms with Gasteiger partial charge < -0.3 is 15.3 Å². The van der Waals surface area contributed by atoms with Crippen LogP contribution in [0.3, 0.4) is 0 Å². The van der Waals surface area contributed by atoms with E-state index in [1.54, 1.807) is 0 Å². The molecule has 0 fully saturated rings. The largest absolute Gasteiger partial charge is 0.480 e. The number of carbonyl (C=O) groups excluding carboxylic acids is 1. The van der Waals surface area contributed by atoms with Crippen molar-refractivity contribution in [3.8, 4) is 12.3 Å². The first-order chi connectivity index (χ1) is 9.35. The average molecular weight is 347 g/mol. The lowest BCUT2D eigenvalue weighted by atomic mass is 10.3. The minimum absolute atomic E-state index is 0.0145. The second-order valence-electron chi connectivity index (χ2n) is 3.63. The van der Waals surface area contributed by atoms with E-state index in [4.69, 9.17) is 11.5 Å². The number of anilines is 1. The molecule has 106 valence electrons. The van der Waals surface area contributed by atoms with Gasteiger partial charge in [-0.2, -0.15) is 0 Å². The fraction of sp³-hybridized carbons (Fsp3) is 0.167. The molecule has 5 nitrogen and oxygen atoms in total. The van der Waals surface area contributed by atoms with Crippen LogP contribution >= 0.6 is 15.9 Å². The fourth-order valence-corrected chi connectivity index (χ4v) is 1.83. The Morgan fingerprint density at radius 3 is 2.60 bits per heavy atom. The van der Waals surface area contributed by atoms with Crippen molar-refractivity contribution in [1.29, 1.82) is 0 Å². The number of terminal acetylenes is 1. The summed E-state index contributed by atoms with van der Waals surface area (Å²) in [7, 11) is 0. The van der Waals surface area contributed by atoms with E-state index >= 15 is 0 Å². The van der Waals surface area contributed by atoms with Gasteiger partial charge in [-0.3, -0.25) is 4.79 Å². The predicted molar refractivity (Wildman–Crippen MR) is 71.1 cm³/mol. The van der Waals surface area contributed by atoms with Gasteiger partial charge in [-0.25, -0.2) is 13.6 Å². The van der Waals surface area contributed by atoms with E-state index in [0.717, 1.165) is 11.0 Å². The summed E-state index contributed by atoms with van der Waals surface area (Å²) >= 11 is 2.90. The normalized spacial score (nSPS) is 9.70. The lowest BCUT2D eigenvalue weighted by molar-refractivity contribution is -0.137. The summed E-state index contributed by atoms with van der Waals surface area (Å²) < 4.78 is 26.4. The molecule has 0 unspecified atom stereocenters. The Morgan fingerprint density at radius 1 is 1.45 bits per heavy atom. The molecule has 1 aromatic rings. The van der Waals surface area contributed by atoms with Gasteiger partial charge in [0, 0.05) is 10.5 Å². The summed E-state index contributed by atoms with van der Waals surface area (Å²) in [6.45, 7) is -0.908. The molecule has 1 rings (SSSR count). The SMILES string of the molecule is C#CCN(CC(=O)O)C(=O)Nc1c(F)cc(F)cc1Br. The van der Waals surface area contributed by atoms with Crippen LogP contribution in [-0.4, -0.2) is 35.1 Å². The van der Waals surface area contributed by atoms with Crippen molar-refractivity contribution in [2.45, 2.75) is 0 Å². The summed E-state index contributed by atoms with van der Waals surface area (Å²) in [6, 6.07) is 0.640. The molecular formula is C12H9BrF2N2O3. The standard InChI is InChI=1S/C12H9BrF2N2O3/c1-2-3-17(6-10(18)19)12(20)16-11-8(13)4-7(14)5-9(11)15/h1,4-5H,3,6H2,(H,16,20)(H,18,19). The highest BCUT2D eigenvalue weighted by molar-refractivity contribution is 9.10. The minimum atomic E-state index is -1.27. The van der Waals surface area contributed by atoms with Crippen LogP contribution in [0.15, 0.2) is 16.6 Å². The third kappa shape index (κ3) is 4.20. The Bertz CT molecular complexity index is 564. The molecule has 0 heterocycles. The van der Waals surface area contributed by atoms with Crippen molar-refractivity contribution in [3.63, 3.8) is 0 Å². The summed E-state index contributed by atoms with van der Waals surface area (Å²) in [4.78, 5) is 23.2. The highest BCUT2D eigenvalue weighted by atomic mass is 79.9. The predicted octanol–water partition coefficient (Wildman–Crippen LogP) is 2.28. The highest BCUT2D eigenvalue weighted by Gasteiger charge is 2.19. The van der Waals surface area contributed by atoms with E-state index in [-0.39, 0.29) is 16.7 Å². The molecule has 1 aromatic carbocycles. The molecule has 0 saturated heterocycles. The van der Waals surface area contributed by atoms with E-state index in [9.17, 15) is 18.4 Å². The number of carbonyl (C=O) groups is 2. The molecule has 0 aliphatic heterocycles. The van der Waals surface area contributed by atoms with Gasteiger partial charge in [0.1, 0.15) is 12.4 Å². The van der Waals surface area contributed by atoms with Crippen LogP contribution in [0.2, 0.25) is 0 Å². The number of rotatable bonds is 4. The van der Waals surface area contributed by atoms with Gasteiger partial charge >= 0.3 is 12.0 Å². The van der Waals surface area contributed by atoms with Crippen molar-refractivity contribution in [1.82, 2.24) is 4.90 Å². The third-order valence-corrected chi connectivity index (χ3v) is 2.76. The van der Waals surface area contributed by atoms with E-state index in [1.165, 1.54) is 0 Å². The van der Waals surface area contributed by atoms with Gasteiger partial charge in [0.05, 0.1) is 12.2 Å². The lowest BCUT2D eigenvalue weighted by Crippen LogP contribution is -2.39. The number of urea groups is 1. The monoisotopic (exact) mass is 346 g/mol. The Kier molecular flexibility index (Phi) is 5.46. The van der Waals surface area contributed by atoms with Crippen LogP contribution in [-0.2, 0) is 4.79 Å². The van der Waals surface area contributed by atoms with Crippen molar-refractivity contribution in [2.75, 3.05) is 18.4 Å². The molecule has 0 atom stereocenters.